The number of nitrogen functional groups attached to an aromatic ring is 1. The van der Waals surface area contributed by atoms with Gasteiger partial charge in [0.05, 0.1) is 0 Å². The molecular formula is C12H12N4. The smallest absolute Gasteiger partial charge is 0.202 e. The highest BCUT2D eigenvalue weighted by Gasteiger charge is 2.24. The third kappa shape index (κ3) is 1.18. The first-order valence-electron chi connectivity index (χ1n) is 5.40. The van der Waals surface area contributed by atoms with Crippen molar-refractivity contribution in [2.45, 2.75) is 25.3 Å². The maximum Gasteiger partial charge on any atom is 0.202 e. The number of nitrogens with two attached hydrogens (primary N) is 1. The zero-order valence-corrected chi connectivity index (χ0v) is 8.85. The minimum absolute atomic E-state index is 0.450. The normalized spacial score (nSPS) is 15.9. The van der Waals surface area contributed by atoms with Gasteiger partial charge >= 0.3 is 0 Å². The number of hydrogen-bond donors (Lipinski definition) is 1. The van der Waals surface area contributed by atoms with E-state index in [0.29, 0.717) is 17.7 Å². The van der Waals surface area contributed by atoms with Crippen LogP contribution in [0.1, 0.15) is 31.0 Å². The summed E-state index contributed by atoms with van der Waals surface area (Å²) in [6, 6.07) is 4.12. The molecule has 0 radical (unpaired) electrons. The molecule has 0 spiro atoms. The molecule has 0 amide bonds. The molecular weight excluding hydrogens is 200 g/mol. The van der Waals surface area contributed by atoms with E-state index in [1.54, 1.807) is 6.07 Å². The zero-order chi connectivity index (χ0) is 11.1. The molecule has 80 valence electrons. The standard InChI is InChI=1S/C12H12N4/c1-2-8-6-7-10-11(14-8)16(12(13)15-10)9-4-3-5-9/h1,6-7,9H,3-5H2,(H2,13,15). The highest BCUT2D eigenvalue weighted by Crippen LogP contribution is 2.35. The Morgan fingerprint density at radius 3 is 2.81 bits per heavy atom. The molecule has 1 aliphatic rings. The maximum absolute atomic E-state index is 5.92. The van der Waals surface area contributed by atoms with Crippen LogP contribution in [0, 0.1) is 12.3 Å². The second kappa shape index (κ2) is 3.24. The molecule has 0 saturated heterocycles. The molecule has 1 aliphatic carbocycles. The summed E-state index contributed by atoms with van der Waals surface area (Å²) in [5.41, 5.74) is 8.19. The van der Waals surface area contributed by atoms with Crippen molar-refractivity contribution in [1.82, 2.24) is 14.5 Å². The van der Waals surface area contributed by atoms with E-state index < -0.39 is 0 Å². The summed E-state index contributed by atoms with van der Waals surface area (Å²) < 4.78 is 2.01. The highest BCUT2D eigenvalue weighted by atomic mass is 15.2. The molecule has 1 saturated carbocycles. The second-order valence-corrected chi connectivity index (χ2v) is 4.11. The quantitative estimate of drug-likeness (QED) is 0.732. The Bertz CT molecular complexity index is 587. The first kappa shape index (κ1) is 9.22. The van der Waals surface area contributed by atoms with Crippen molar-refractivity contribution in [3.05, 3.63) is 17.8 Å². The largest absolute Gasteiger partial charge is 0.369 e. The fraction of sp³-hybridized carbons (Fsp3) is 0.333. The molecule has 0 unspecified atom stereocenters. The number of aromatic nitrogens is 3. The van der Waals surface area contributed by atoms with Gasteiger partial charge in [-0.1, -0.05) is 5.92 Å². The van der Waals surface area contributed by atoms with Crippen LogP contribution in [-0.4, -0.2) is 14.5 Å². The number of imidazole rings is 1. The molecule has 4 heteroatoms. The van der Waals surface area contributed by atoms with Gasteiger partial charge in [0.15, 0.2) is 5.65 Å². The molecule has 0 aliphatic heterocycles. The van der Waals surface area contributed by atoms with Crippen LogP contribution in [-0.2, 0) is 0 Å². The minimum Gasteiger partial charge on any atom is -0.369 e. The van der Waals surface area contributed by atoms with E-state index >= 15 is 0 Å². The van der Waals surface area contributed by atoms with E-state index in [1.165, 1.54) is 6.42 Å². The summed E-state index contributed by atoms with van der Waals surface area (Å²) in [6.07, 6.45) is 8.90. The molecule has 0 atom stereocenters. The van der Waals surface area contributed by atoms with Crippen LogP contribution in [0.5, 0.6) is 0 Å². The van der Waals surface area contributed by atoms with E-state index in [2.05, 4.69) is 15.9 Å². The second-order valence-electron chi connectivity index (χ2n) is 4.11. The van der Waals surface area contributed by atoms with Crippen LogP contribution >= 0.6 is 0 Å². The van der Waals surface area contributed by atoms with Crippen molar-refractivity contribution in [3.8, 4) is 12.3 Å². The number of pyridine rings is 1. The van der Waals surface area contributed by atoms with E-state index in [0.717, 1.165) is 24.0 Å². The number of rotatable bonds is 1. The molecule has 0 aromatic carbocycles. The van der Waals surface area contributed by atoms with Gasteiger partial charge in [0, 0.05) is 6.04 Å². The summed E-state index contributed by atoms with van der Waals surface area (Å²) >= 11 is 0. The van der Waals surface area contributed by atoms with E-state index in [4.69, 9.17) is 12.2 Å². The number of hydrogen-bond acceptors (Lipinski definition) is 3. The fourth-order valence-corrected chi connectivity index (χ4v) is 2.08. The lowest BCUT2D eigenvalue weighted by Crippen LogP contribution is -2.19. The monoisotopic (exact) mass is 212 g/mol. The van der Waals surface area contributed by atoms with E-state index in [-0.39, 0.29) is 0 Å². The van der Waals surface area contributed by atoms with Crippen LogP contribution in [0.2, 0.25) is 0 Å². The van der Waals surface area contributed by atoms with Gasteiger partial charge in [-0.2, -0.15) is 0 Å². The molecule has 2 N–H and O–H groups in total. The van der Waals surface area contributed by atoms with E-state index in [1.807, 2.05) is 10.6 Å². The molecule has 2 aromatic heterocycles. The van der Waals surface area contributed by atoms with Gasteiger partial charge in [0.2, 0.25) is 5.95 Å². The van der Waals surface area contributed by atoms with Crippen molar-refractivity contribution >= 4 is 17.1 Å². The summed E-state index contributed by atoms with van der Waals surface area (Å²) in [7, 11) is 0. The fourth-order valence-electron chi connectivity index (χ4n) is 2.08. The van der Waals surface area contributed by atoms with Crippen molar-refractivity contribution in [3.63, 3.8) is 0 Å². The summed E-state index contributed by atoms with van der Waals surface area (Å²) in [4.78, 5) is 8.70. The lowest BCUT2D eigenvalue weighted by Gasteiger charge is -2.27. The van der Waals surface area contributed by atoms with Crippen molar-refractivity contribution in [2.75, 3.05) is 5.73 Å². The van der Waals surface area contributed by atoms with Gasteiger partial charge in [0.1, 0.15) is 11.2 Å². The molecule has 16 heavy (non-hydrogen) atoms. The SMILES string of the molecule is C#Cc1ccc2nc(N)n(C3CCC3)c2n1. The molecule has 2 aromatic rings. The summed E-state index contributed by atoms with van der Waals surface area (Å²) in [6.45, 7) is 0. The number of anilines is 1. The first-order valence-corrected chi connectivity index (χ1v) is 5.40. The Kier molecular flexibility index (Phi) is 1.87. The first-order chi connectivity index (χ1) is 7.79. The van der Waals surface area contributed by atoms with Crippen LogP contribution < -0.4 is 5.73 Å². The molecule has 4 nitrogen and oxygen atoms in total. The predicted octanol–water partition coefficient (Wildman–Crippen LogP) is 1.72. The average molecular weight is 212 g/mol. The summed E-state index contributed by atoms with van der Waals surface area (Å²) in [5.74, 6) is 3.08. The van der Waals surface area contributed by atoms with Crippen molar-refractivity contribution in [1.29, 1.82) is 0 Å². The third-order valence-electron chi connectivity index (χ3n) is 3.15. The van der Waals surface area contributed by atoms with Crippen LogP contribution in [0.15, 0.2) is 12.1 Å². The number of fused-ring (bicyclic) bond motifs is 1. The minimum atomic E-state index is 0.450. The highest BCUT2D eigenvalue weighted by molar-refractivity contribution is 5.75. The Morgan fingerprint density at radius 1 is 1.38 bits per heavy atom. The Labute approximate surface area is 93.5 Å². The van der Waals surface area contributed by atoms with Crippen molar-refractivity contribution in [2.24, 2.45) is 0 Å². The van der Waals surface area contributed by atoms with Gasteiger partial charge in [-0.05, 0) is 31.4 Å². The Balaban J connectivity index is 2.24. The molecule has 0 bridgehead atoms. The van der Waals surface area contributed by atoms with Crippen molar-refractivity contribution < 1.29 is 0 Å². The Morgan fingerprint density at radius 2 is 2.19 bits per heavy atom. The lowest BCUT2D eigenvalue weighted by molar-refractivity contribution is 0.323. The van der Waals surface area contributed by atoms with E-state index in [9.17, 15) is 0 Å². The Hall–Kier alpha value is -2.02. The predicted molar refractivity (Wildman–Crippen MR) is 62.8 cm³/mol. The zero-order valence-electron chi connectivity index (χ0n) is 8.85. The van der Waals surface area contributed by atoms with Crippen LogP contribution in [0.25, 0.3) is 11.2 Å². The van der Waals surface area contributed by atoms with Gasteiger partial charge in [-0.25, -0.2) is 9.97 Å². The van der Waals surface area contributed by atoms with Gasteiger partial charge in [0.25, 0.3) is 0 Å². The third-order valence-corrected chi connectivity index (χ3v) is 3.15. The molecule has 1 fully saturated rings. The van der Waals surface area contributed by atoms with Gasteiger partial charge in [-0.3, -0.25) is 4.57 Å². The average Bonchev–Trinajstić information content (AvgIpc) is 2.53. The maximum atomic E-state index is 5.92. The number of nitrogens with zero attached hydrogens (tertiary/aromatic N) is 3. The van der Waals surface area contributed by atoms with Crippen LogP contribution in [0.3, 0.4) is 0 Å². The topological polar surface area (TPSA) is 56.7 Å². The van der Waals surface area contributed by atoms with Crippen LogP contribution in [0.4, 0.5) is 5.95 Å². The van der Waals surface area contributed by atoms with Gasteiger partial charge in [-0.15, -0.1) is 6.42 Å². The lowest BCUT2D eigenvalue weighted by atomic mass is 9.93. The molecule has 3 rings (SSSR count). The van der Waals surface area contributed by atoms with Gasteiger partial charge < -0.3 is 5.73 Å². The number of terminal acetylenes is 1. The molecule has 2 heterocycles. The summed E-state index contributed by atoms with van der Waals surface area (Å²) in [5, 5.41) is 0.